The van der Waals surface area contributed by atoms with Crippen LogP contribution in [-0.4, -0.2) is 66.6 Å². The van der Waals surface area contributed by atoms with Crippen LogP contribution < -0.4 is 9.47 Å². The van der Waals surface area contributed by atoms with Crippen molar-refractivity contribution < 1.29 is 14.3 Å². The Morgan fingerprint density at radius 3 is 2.84 bits per heavy atom. The average molecular weight is 442 g/mol. The van der Waals surface area contributed by atoms with Crippen LogP contribution in [0.2, 0.25) is 5.02 Å². The number of rotatable bonds is 6. The van der Waals surface area contributed by atoms with Gasteiger partial charge in [-0.15, -0.1) is 0 Å². The van der Waals surface area contributed by atoms with Crippen molar-refractivity contribution in [3.8, 4) is 11.5 Å². The van der Waals surface area contributed by atoms with E-state index in [2.05, 4.69) is 16.0 Å². The van der Waals surface area contributed by atoms with E-state index in [0.717, 1.165) is 50.2 Å². The molecule has 0 bridgehead atoms. The maximum Gasteiger partial charge on any atom is 0.246 e. The first kappa shape index (κ1) is 21.7. The molecule has 3 heterocycles. The summed E-state index contributed by atoms with van der Waals surface area (Å²) in [5, 5.41) is 0.496. The molecule has 1 amide bonds. The number of nitrogens with zero attached hydrogens (tertiary/aromatic N) is 3. The molecule has 2 aliphatic rings. The third-order valence-corrected chi connectivity index (χ3v) is 6.18. The molecule has 0 atom stereocenters. The molecule has 2 aliphatic heterocycles. The molecule has 4 rings (SSSR count). The third kappa shape index (κ3) is 5.57. The maximum absolute atomic E-state index is 12.7. The lowest BCUT2D eigenvalue weighted by Crippen LogP contribution is -2.45. The molecule has 1 saturated heterocycles. The smallest absolute Gasteiger partial charge is 0.246 e. The molecule has 1 aromatic heterocycles. The lowest BCUT2D eigenvalue weighted by molar-refractivity contribution is -0.127. The van der Waals surface area contributed by atoms with E-state index >= 15 is 0 Å². The number of hydrogen-bond donors (Lipinski definition) is 0. The van der Waals surface area contributed by atoms with Crippen molar-refractivity contribution in [2.24, 2.45) is 0 Å². The first-order chi connectivity index (χ1) is 15.1. The Balaban J connectivity index is 1.27. The molecule has 0 N–H and O–H groups in total. The van der Waals surface area contributed by atoms with Crippen molar-refractivity contribution in [3.05, 3.63) is 58.9 Å². The van der Waals surface area contributed by atoms with Gasteiger partial charge in [0.1, 0.15) is 13.2 Å². The second kappa shape index (κ2) is 10.2. The van der Waals surface area contributed by atoms with Gasteiger partial charge < -0.3 is 19.3 Å². The molecule has 1 aromatic carbocycles. The van der Waals surface area contributed by atoms with Crippen LogP contribution in [-0.2, 0) is 11.2 Å². The molecule has 0 saturated carbocycles. The lowest BCUT2D eigenvalue weighted by Gasteiger charge is -2.36. The quantitative estimate of drug-likeness (QED) is 0.640. The zero-order valence-electron chi connectivity index (χ0n) is 17.8. The van der Waals surface area contributed by atoms with Gasteiger partial charge in [0.25, 0.3) is 0 Å². The van der Waals surface area contributed by atoms with E-state index in [9.17, 15) is 4.79 Å². The van der Waals surface area contributed by atoms with Crippen molar-refractivity contribution in [2.75, 3.05) is 39.9 Å². The van der Waals surface area contributed by atoms with Gasteiger partial charge in [-0.1, -0.05) is 17.7 Å². The van der Waals surface area contributed by atoms with Gasteiger partial charge in [0.05, 0.1) is 5.02 Å². The van der Waals surface area contributed by atoms with Gasteiger partial charge in [0.15, 0.2) is 11.5 Å². The molecule has 0 spiro atoms. The van der Waals surface area contributed by atoms with Gasteiger partial charge in [-0.2, -0.15) is 0 Å². The largest absolute Gasteiger partial charge is 0.486 e. The van der Waals surface area contributed by atoms with Crippen LogP contribution in [0.15, 0.2) is 42.6 Å². The van der Waals surface area contributed by atoms with Crippen LogP contribution >= 0.6 is 11.6 Å². The molecule has 6 nitrogen and oxygen atoms in total. The Labute approximate surface area is 188 Å². The highest BCUT2D eigenvalue weighted by molar-refractivity contribution is 6.32. The van der Waals surface area contributed by atoms with Crippen molar-refractivity contribution >= 4 is 23.6 Å². The predicted molar refractivity (Wildman–Crippen MR) is 122 cm³/mol. The number of amides is 1. The fourth-order valence-corrected chi connectivity index (χ4v) is 4.31. The zero-order valence-corrected chi connectivity index (χ0v) is 18.6. The summed E-state index contributed by atoms with van der Waals surface area (Å²) < 4.78 is 11.1. The Kier molecular flexibility index (Phi) is 7.10. The summed E-state index contributed by atoms with van der Waals surface area (Å²) in [4.78, 5) is 21.4. The van der Waals surface area contributed by atoms with Gasteiger partial charge in [-0.05, 0) is 48.7 Å². The number of likely N-dealkylation sites (N-methyl/N-ethyl adjacent to an activating group) is 1. The Morgan fingerprint density at radius 2 is 2.06 bits per heavy atom. The van der Waals surface area contributed by atoms with Crippen LogP contribution in [0.3, 0.4) is 0 Å². The summed E-state index contributed by atoms with van der Waals surface area (Å²) >= 11 is 6.28. The SMILES string of the molecule is CN(C(=O)C=Cc1cc(Cl)c2c(c1)OCCO2)C1CCN(CCc2ccccn2)CC1. The molecule has 0 unspecified atom stereocenters. The average Bonchev–Trinajstić information content (AvgIpc) is 2.82. The summed E-state index contributed by atoms with van der Waals surface area (Å²) in [7, 11) is 1.89. The van der Waals surface area contributed by atoms with Crippen LogP contribution in [0.1, 0.15) is 24.1 Å². The van der Waals surface area contributed by atoms with E-state index in [0.29, 0.717) is 29.7 Å². The molecule has 1 fully saturated rings. The van der Waals surface area contributed by atoms with Crippen LogP contribution in [0.25, 0.3) is 6.08 Å². The summed E-state index contributed by atoms with van der Waals surface area (Å²) in [5.74, 6) is 1.19. The first-order valence-corrected chi connectivity index (χ1v) is 11.1. The minimum absolute atomic E-state index is 0.00190. The standard InChI is InChI=1S/C24H28ClN3O3/c1-27(20-8-12-28(13-9-20)11-7-19-4-2-3-10-26-19)23(29)6-5-18-16-21(25)24-22(17-18)30-14-15-31-24/h2-6,10,16-17,20H,7-9,11-15H2,1H3. The highest BCUT2D eigenvalue weighted by Gasteiger charge is 2.24. The normalized spacial score (nSPS) is 17.1. The fraction of sp³-hybridized carbons (Fsp3) is 0.417. The van der Waals surface area contributed by atoms with Crippen LogP contribution in [0.5, 0.6) is 11.5 Å². The topological polar surface area (TPSA) is 54.9 Å². The van der Waals surface area contributed by atoms with Gasteiger partial charge in [0.2, 0.25) is 5.91 Å². The van der Waals surface area contributed by atoms with Gasteiger partial charge in [-0.25, -0.2) is 0 Å². The number of hydrogen-bond acceptors (Lipinski definition) is 5. The Morgan fingerprint density at radius 1 is 1.26 bits per heavy atom. The molecular weight excluding hydrogens is 414 g/mol. The number of ether oxygens (including phenoxy) is 2. The van der Waals surface area contributed by atoms with Gasteiger partial charge >= 0.3 is 0 Å². The highest BCUT2D eigenvalue weighted by Crippen LogP contribution is 2.38. The zero-order chi connectivity index (χ0) is 21.6. The van der Waals surface area contributed by atoms with E-state index in [4.69, 9.17) is 21.1 Å². The number of piperidine rings is 1. The number of carbonyl (C=O) groups is 1. The molecule has 7 heteroatoms. The summed E-state index contributed by atoms with van der Waals surface area (Å²) in [5.41, 5.74) is 1.95. The van der Waals surface area contributed by atoms with Crippen LogP contribution in [0, 0.1) is 0 Å². The number of likely N-dealkylation sites (tertiary alicyclic amines) is 1. The van der Waals surface area contributed by atoms with Crippen molar-refractivity contribution in [2.45, 2.75) is 25.3 Å². The molecule has 0 aliphatic carbocycles. The molecule has 2 aromatic rings. The van der Waals surface area contributed by atoms with E-state index in [-0.39, 0.29) is 11.9 Å². The molecule has 0 radical (unpaired) electrons. The second-order valence-electron chi connectivity index (χ2n) is 7.95. The Bertz CT molecular complexity index is 927. The van der Waals surface area contributed by atoms with E-state index in [1.807, 2.05) is 36.3 Å². The maximum atomic E-state index is 12.7. The molecule has 164 valence electrons. The van der Waals surface area contributed by atoms with Crippen molar-refractivity contribution in [3.63, 3.8) is 0 Å². The van der Waals surface area contributed by atoms with Crippen molar-refractivity contribution in [1.82, 2.24) is 14.8 Å². The number of benzene rings is 1. The number of fused-ring (bicyclic) bond motifs is 1. The number of pyridine rings is 1. The molecule has 31 heavy (non-hydrogen) atoms. The van der Waals surface area contributed by atoms with Crippen LogP contribution in [0.4, 0.5) is 0 Å². The van der Waals surface area contributed by atoms with Gasteiger partial charge in [-0.3, -0.25) is 9.78 Å². The molecular formula is C24H28ClN3O3. The number of aromatic nitrogens is 1. The predicted octanol–water partition coefficient (Wildman–Crippen LogP) is 3.68. The first-order valence-electron chi connectivity index (χ1n) is 10.8. The monoisotopic (exact) mass is 441 g/mol. The summed E-state index contributed by atoms with van der Waals surface area (Å²) in [6, 6.07) is 9.94. The van der Waals surface area contributed by atoms with E-state index in [1.165, 1.54) is 0 Å². The highest BCUT2D eigenvalue weighted by atomic mass is 35.5. The summed E-state index contributed by atoms with van der Waals surface area (Å²) in [6.45, 7) is 3.99. The van der Waals surface area contributed by atoms with Crippen molar-refractivity contribution in [1.29, 1.82) is 0 Å². The van der Waals surface area contributed by atoms with Gasteiger partial charge in [0, 0.05) is 57.1 Å². The fourth-order valence-electron chi connectivity index (χ4n) is 4.04. The number of carbonyl (C=O) groups excluding carboxylic acids is 1. The third-order valence-electron chi connectivity index (χ3n) is 5.90. The lowest BCUT2D eigenvalue weighted by atomic mass is 10.0. The van der Waals surface area contributed by atoms with E-state index < -0.39 is 0 Å². The van der Waals surface area contributed by atoms with E-state index in [1.54, 1.807) is 18.2 Å². The minimum Gasteiger partial charge on any atom is -0.486 e. The summed E-state index contributed by atoms with van der Waals surface area (Å²) in [6.07, 6.45) is 8.15. The number of halogens is 1. The second-order valence-corrected chi connectivity index (χ2v) is 8.36. The Hall–Kier alpha value is -2.57. The minimum atomic E-state index is -0.00190.